The van der Waals surface area contributed by atoms with Crippen molar-refractivity contribution < 1.29 is 13.6 Å². The SMILES string of the molecule is CCNC(=O)c1cc(Nc2nc(Br)cc3ncn(C(C)C)c23)c(F)c(F)c1Cl. The molecule has 3 rings (SSSR count). The van der Waals surface area contributed by atoms with Crippen LogP contribution in [0.1, 0.15) is 37.2 Å². The fourth-order valence-electron chi connectivity index (χ4n) is 2.75. The van der Waals surface area contributed by atoms with Crippen LogP contribution in [0.2, 0.25) is 5.02 Å². The molecule has 0 aliphatic carbocycles. The average Bonchev–Trinajstić information content (AvgIpc) is 3.06. The van der Waals surface area contributed by atoms with Crippen LogP contribution in [0, 0.1) is 11.6 Å². The molecule has 0 spiro atoms. The molecule has 0 radical (unpaired) electrons. The van der Waals surface area contributed by atoms with Crippen molar-refractivity contribution in [2.45, 2.75) is 26.8 Å². The van der Waals surface area contributed by atoms with E-state index in [4.69, 9.17) is 11.6 Å². The first-order valence-electron chi connectivity index (χ1n) is 8.50. The zero-order chi connectivity index (χ0) is 20.6. The smallest absolute Gasteiger partial charge is 0.252 e. The number of fused-ring (bicyclic) bond motifs is 1. The van der Waals surface area contributed by atoms with Gasteiger partial charge >= 0.3 is 0 Å². The van der Waals surface area contributed by atoms with E-state index in [0.29, 0.717) is 22.2 Å². The Hall–Kier alpha value is -2.26. The van der Waals surface area contributed by atoms with Crippen molar-refractivity contribution in [2.75, 3.05) is 11.9 Å². The second-order valence-corrected chi connectivity index (χ2v) is 7.50. The van der Waals surface area contributed by atoms with E-state index in [9.17, 15) is 13.6 Å². The van der Waals surface area contributed by atoms with Gasteiger partial charge in [-0.2, -0.15) is 0 Å². The molecule has 2 aromatic heterocycles. The highest BCUT2D eigenvalue weighted by molar-refractivity contribution is 9.10. The number of halogens is 4. The second-order valence-electron chi connectivity index (χ2n) is 6.30. The fourth-order valence-corrected chi connectivity index (χ4v) is 3.37. The summed E-state index contributed by atoms with van der Waals surface area (Å²) in [6.07, 6.45) is 1.65. The summed E-state index contributed by atoms with van der Waals surface area (Å²) in [5.41, 5.74) is 0.810. The van der Waals surface area contributed by atoms with Crippen LogP contribution in [0.3, 0.4) is 0 Å². The molecule has 6 nitrogen and oxygen atoms in total. The first-order valence-corrected chi connectivity index (χ1v) is 9.67. The van der Waals surface area contributed by atoms with Crippen molar-refractivity contribution in [1.82, 2.24) is 19.9 Å². The largest absolute Gasteiger partial charge is 0.352 e. The van der Waals surface area contributed by atoms with Crippen molar-refractivity contribution in [2.24, 2.45) is 0 Å². The molecule has 0 bridgehead atoms. The highest BCUT2D eigenvalue weighted by Gasteiger charge is 2.23. The molecule has 28 heavy (non-hydrogen) atoms. The van der Waals surface area contributed by atoms with E-state index in [-0.39, 0.29) is 23.1 Å². The molecule has 0 aliphatic heterocycles. The van der Waals surface area contributed by atoms with Crippen LogP contribution in [0.4, 0.5) is 20.3 Å². The van der Waals surface area contributed by atoms with Gasteiger partial charge in [-0.05, 0) is 48.8 Å². The van der Waals surface area contributed by atoms with Gasteiger partial charge in [-0.1, -0.05) is 11.6 Å². The molecular formula is C18H17BrClF2N5O. The summed E-state index contributed by atoms with van der Waals surface area (Å²) < 4.78 is 31.2. The van der Waals surface area contributed by atoms with Gasteiger partial charge in [0.1, 0.15) is 10.1 Å². The molecule has 0 saturated heterocycles. The number of nitrogens with one attached hydrogen (secondary N) is 2. The zero-order valence-corrected chi connectivity index (χ0v) is 17.6. The topological polar surface area (TPSA) is 71.8 Å². The van der Waals surface area contributed by atoms with E-state index in [1.54, 1.807) is 19.3 Å². The third-order valence-electron chi connectivity index (χ3n) is 4.06. The summed E-state index contributed by atoms with van der Waals surface area (Å²) in [5.74, 6) is -2.85. The fraction of sp³-hybridized carbons (Fsp3) is 0.278. The van der Waals surface area contributed by atoms with Gasteiger partial charge in [0, 0.05) is 12.6 Å². The number of imidazole rings is 1. The number of amides is 1. The lowest BCUT2D eigenvalue weighted by Crippen LogP contribution is -2.23. The maximum Gasteiger partial charge on any atom is 0.252 e. The summed E-state index contributed by atoms with van der Waals surface area (Å²) in [5, 5.41) is 4.73. The van der Waals surface area contributed by atoms with Crippen LogP contribution in [-0.2, 0) is 0 Å². The maximum atomic E-state index is 14.5. The molecule has 3 aromatic rings. The lowest BCUT2D eigenvalue weighted by molar-refractivity contribution is 0.0955. The minimum atomic E-state index is -1.31. The number of benzene rings is 1. The van der Waals surface area contributed by atoms with Gasteiger partial charge in [0.15, 0.2) is 17.5 Å². The first-order chi connectivity index (χ1) is 13.2. The van der Waals surface area contributed by atoms with Gasteiger partial charge < -0.3 is 15.2 Å². The number of anilines is 2. The Morgan fingerprint density at radius 1 is 1.32 bits per heavy atom. The standard InChI is InChI=1S/C18H17BrClF2N5O/c1-4-23-18(28)9-5-10(14(21)15(22)13(9)20)25-17-16-11(6-12(19)26-17)24-7-27(16)8(2)3/h5-8H,4H2,1-3H3,(H,23,28)(H,25,26). The van der Waals surface area contributed by atoms with E-state index in [0.717, 1.165) is 6.07 Å². The quantitative estimate of drug-likeness (QED) is 0.395. The van der Waals surface area contributed by atoms with Gasteiger partial charge in [-0.3, -0.25) is 4.79 Å². The minimum absolute atomic E-state index is 0.0613. The molecule has 0 fully saturated rings. The van der Waals surface area contributed by atoms with E-state index < -0.39 is 22.6 Å². The van der Waals surface area contributed by atoms with E-state index in [1.807, 2.05) is 18.4 Å². The number of aromatic nitrogens is 3. The van der Waals surface area contributed by atoms with Crippen LogP contribution in [0.5, 0.6) is 0 Å². The van der Waals surface area contributed by atoms with Gasteiger partial charge in [-0.15, -0.1) is 0 Å². The average molecular weight is 473 g/mol. The van der Waals surface area contributed by atoms with E-state index in [2.05, 4.69) is 36.5 Å². The summed E-state index contributed by atoms with van der Waals surface area (Å²) in [6, 6.07) is 2.94. The number of hydrogen-bond acceptors (Lipinski definition) is 4. The van der Waals surface area contributed by atoms with Gasteiger partial charge in [0.25, 0.3) is 5.91 Å². The molecule has 0 aliphatic rings. The van der Waals surface area contributed by atoms with Crippen LogP contribution in [0.15, 0.2) is 23.1 Å². The Labute approximate surface area is 173 Å². The normalized spacial score (nSPS) is 11.3. The van der Waals surface area contributed by atoms with Crippen molar-refractivity contribution in [3.8, 4) is 0 Å². The first kappa shape index (κ1) is 20.5. The van der Waals surface area contributed by atoms with Crippen molar-refractivity contribution >= 4 is 56.0 Å². The monoisotopic (exact) mass is 471 g/mol. The minimum Gasteiger partial charge on any atom is -0.352 e. The molecule has 0 saturated carbocycles. The Morgan fingerprint density at radius 3 is 2.68 bits per heavy atom. The predicted octanol–water partition coefficient (Wildman–Crippen LogP) is 5.20. The molecule has 148 valence electrons. The van der Waals surface area contributed by atoms with Crippen LogP contribution in [0.25, 0.3) is 11.0 Å². The van der Waals surface area contributed by atoms with Crippen LogP contribution >= 0.6 is 27.5 Å². The molecular weight excluding hydrogens is 456 g/mol. The van der Waals surface area contributed by atoms with Gasteiger partial charge in [-0.25, -0.2) is 18.7 Å². The number of carbonyl (C=O) groups is 1. The lowest BCUT2D eigenvalue weighted by Gasteiger charge is -2.15. The molecule has 1 amide bonds. The van der Waals surface area contributed by atoms with Gasteiger partial charge in [0.2, 0.25) is 0 Å². The number of nitrogens with zero attached hydrogens (tertiary/aromatic N) is 3. The Kier molecular flexibility index (Phi) is 5.85. The predicted molar refractivity (Wildman–Crippen MR) is 108 cm³/mol. The molecule has 10 heteroatoms. The Balaban J connectivity index is 2.16. The van der Waals surface area contributed by atoms with Gasteiger partial charge in [0.05, 0.1) is 28.1 Å². The number of carbonyl (C=O) groups excluding carboxylic acids is 1. The van der Waals surface area contributed by atoms with Crippen molar-refractivity contribution in [3.63, 3.8) is 0 Å². The van der Waals surface area contributed by atoms with E-state index in [1.165, 1.54) is 0 Å². The molecule has 1 aromatic carbocycles. The Morgan fingerprint density at radius 2 is 2.04 bits per heavy atom. The summed E-state index contributed by atoms with van der Waals surface area (Å²) in [4.78, 5) is 20.8. The highest BCUT2D eigenvalue weighted by atomic mass is 79.9. The molecule has 2 N–H and O–H groups in total. The maximum absolute atomic E-state index is 14.5. The molecule has 0 atom stereocenters. The lowest BCUT2D eigenvalue weighted by atomic mass is 10.1. The van der Waals surface area contributed by atoms with Crippen LogP contribution < -0.4 is 10.6 Å². The van der Waals surface area contributed by atoms with Crippen LogP contribution in [-0.4, -0.2) is 27.0 Å². The van der Waals surface area contributed by atoms with Crippen molar-refractivity contribution in [3.05, 3.63) is 45.3 Å². The number of pyridine rings is 1. The third kappa shape index (κ3) is 3.68. The van der Waals surface area contributed by atoms with Crippen molar-refractivity contribution in [1.29, 1.82) is 0 Å². The third-order valence-corrected chi connectivity index (χ3v) is 4.83. The van der Waals surface area contributed by atoms with E-state index >= 15 is 0 Å². The molecule has 2 heterocycles. The summed E-state index contributed by atoms with van der Waals surface area (Å²) in [7, 11) is 0. The highest BCUT2D eigenvalue weighted by Crippen LogP contribution is 2.33. The zero-order valence-electron chi connectivity index (χ0n) is 15.3. The second kappa shape index (κ2) is 8.00. The summed E-state index contributed by atoms with van der Waals surface area (Å²) >= 11 is 9.13. The Bertz CT molecular complexity index is 1070. The number of hydrogen-bond donors (Lipinski definition) is 2. The molecule has 0 unspecified atom stereocenters. The summed E-state index contributed by atoms with van der Waals surface area (Å²) in [6.45, 7) is 5.95. The number of rotatable bonds is 5.